The average molecular weight is 496 g/mol. The Morgan fingerprint density at radius 3 is 2.43 bits per heavy atom. The van der Waals surface area contributed by atoms with Crippen LogP contribution in [0.15, 0.2) is 71.1 Å². The van der Waals surface area contributed by atoms with E-state index in [-0.39, 0.29) is 29.6 Å². The highest BCUT2D eigenvalue weighted by Gasteiger charge is 2.16. The fraction of sp³-hybridized carbons (Fsp3) is 0.125. The highest BCUT2D eigenvalue weighted by atomic mass is 35.5. The number of nitrogens with zero attached hydrogens (tertiary/aromatic N) is 3. The first-order valence-corrected chi connectivity index (χ1v) is 10.6. The summed E-state index contributed by atoms with van der Waals surface area (Å²) in [4.78, 5) is 22.8. The smallest absolute Gasteiger partial charge is 0.338 e. The van der Waals surface area contributed by atoms with Gasteiger partial charge < -0.3 is 18.6 Å². The van der Waals surface area contributed by atoms with E-state index in [0.717, 1.165) is 5.56 Å². The molecule has 0 aliphatic heterocycles. The molecule has 0 saturated heterocycles. The Kier molecular flexibility index (Phi) is 7.22. The van der Waals surface area contributed by atoms with Crippen LogP contribution in [0.2, 0.25) is 5.02 Å². The van der Waals surface area contributed by atoms with Gasteiger partial charge in [-0.15, -0.1) is 10.2 Å². The van der Waals surface area contributed by atoms with Crippen LogP contribution in [0.5, 0.6) is 11.5 Å². The molecule has 0 fully saturated rings. The summed E-state index contributed by atoms with van der Waals surface area (Å²) < 4.78 is 21.9. The van der Waals surface area contributed by atoms with Gasteiger partial charge in [-0.2, -0.15) is 0 Å². The number of ether oxygens (including phenoxy) is 3. The minimum absolute atomic E-state index is 0.0563. The van der Waals surface area contributed by atoms with Crippen molar-refractivity contribution in [1.29, 1.82) is 0 Å². The topological polar surface area (TPSA) is 127 Å². The Hall–Kier alpha value is -4.44. The minimum atomic E-state index is -0.623. The number of carbonyl (C=O) groups is 1. The zero-order valence-corrected chi connectivity index (χ0v) is 19.1. The van der Waals surface area contributed by atoms with Crippen LogP contribution < -0.4 is 9.47 Å². The number of nitro benzene ring substituents is 1. The zero-order valence-electron chi connectivity index (χ0n) is 18.3. The number of carbonyl (C=O) groups excluding carboxylic acids is 1. The maximum absolute atomic E-state index is 12.5. The molecular weight excluding hydrogens is 478 g/mol. The van der Waals surface area contributed by atoms with Crippen molar-refractivity contribution in [2.45, 2.75) is 13.2 Å². The highest BCUT2D eigenvalue weighted by Crippen LogP contribution is 2.29. The van der Waals surface area contributed by atoms with Gasteiger partial charge in [-0.25, -0.2) is 4.79 Å². The third kappa shape index (κ3) is 5.92. The number of non-ortho nitro benzene ring substituents is 1. The molecule has 0 N–H and O–H groups in total. The van der Waals surface area contributed by atoms with Crippen molar-refractivity contribution in [2.24, 2.45) is 0 Å². The van der Waals surface area contributed by atoms with Crippen molar-refractivity contribution in [3.8, 4) is 23.0 Å². The molecule has 0 saturated carbocycles. The van der Waals surface area contributed by atoms with E-state index in [9.17, 15) is 14.9 Å². The van der Waals surface area contributed by atoms with Crippen molar-refractivity contribution in [3.63, 3.8) is 0 Å². The van der Waals surface area contributed by atoms with Crippen LogP contribution >= 0.6 is 11.6 Å². The number of halogens is 1. The normalized spacial score (nSPS) is 10.6. The van der Waals surface area contributed by atoms with Gasteiger partial charge in [0.05, 0.1) is 17.6 Å². The van der Waals surface area contributed by atoms with E-state index in [0.29, 0.717) is 28.7 Å². The lowest BCUT2D eigenvalue weighted by Crippen LogP contribution is -2.06. The van der Waals surface area contributed by atoms with Crippen LogP contribution in [0.1, 0.15) is 21.8 Å². The average Bonchev–Trinajstić information content (AvgIpc) is 3.36. The molecule has 0 aliphatic rings. The molecule has 3 aromatic carbocycles. The second kappa shape index (κ2) is 10.7. The first-order chi connectivity index (χ1) is 16.9. The molecule has 0 bridgehead atoms. The number of methoxy groups -OCH3 is 1. The summed E-state index contributed by atoms with van der Waals surface area (Å²) in [5.41, 5.74) is 1.61. The van der Waals surface area contributed by atoms with Gasteiger partial charge in [0, 0.05) is 22.7 Å². The van der Waals surface area contributed by atoms with E-state index in [4.69, 9.17) is 30.2 Å². The van der Waals surface area contributed by atoms with Crippen LogP contribution in [-0.2, 0) is 18.0 Å². The van der Waals surface area contributed by atoms with E-state index in [2.05, 4.69) is 10.2 Å². The van der Waals surface area contributed by atoms with E-state index >= 15 is 0 Å². The van der Waals surface area contributed by atoms with Crippen LogP contribution in [0, 0.1) is 10.1 Å². The summed E-state index contributed by atoms with van der Waals surface area (Å²) in [6.07, 6.45) is 0. The molecule has 1 heterocycles. The van der Waals surface area contributed by atoms with E-state index in [1.807, 2.05) is 12.1 Å². The van der Waals surface area contributed by atoms with Gasteiger partial charge in [0.15, 0.2) is 18.1 Å². The molecular formula is C24H18ClN3O7. The Labute approximate surface area is 204 Å². The van der Waals surface area contributed by atoms with Crippen LogP contribution in [0.4, 0.5) is 5.69 Å². The Morgan fingerprint density at radius 1 is 1.00 bits per heavy atom. The number of benzene rings is 3. The maximum atomic E-state index is 12.5. The fourth-order valence-electron chi connectivity index (χ4n) is 3.02. The zero-order chi connectivity index (χ0) is 24.8. The molecule has 10 nitrogen and oxygen atoms in total. The van der Waals surface area contributed by atoms with Crippen molar-refractivity contribution in [2.75, 3.05) is 7.11 Å². The first kappa shape index (κ1) is 23.7. The molecule has 0 atom stereocenters. The molecule has 0 aliphatic carbocycles. The van der Waals surface area contributed by atoms with Crippen LogP contribution in [0.3, 0.4) is 0 Å². The molecule has 11 heteroatoms. The van der Waals surface area contributed by atoms with Gasteiger partial charge in [0.1, 0.15) is 6.61 Å². The predicted octanol–water partition coefficient (Wildman–Crippen LogP) is 5.24. The predicted molar refractivity (Wildman–Crippen MR) is 124 cm³/mol. The number of aromatic nitrogens is 2. The van der Waals surface area contributed by atoms with Crippen LogP contribution in [0.25, 0.3) is 11.5 Å². The Bertz CT molecular complexity index is 1340. The molecule has 0 spiro atoms. The lowest BCUT2D eigenvalue weighted by molar-refractivity contribution is -0.384. The van der Waals surface area contributed by atoms with Crippen molar-refractivity contribution in [3.05, 3.63) is 98.9 Å². The molecule has 35 heavy (non-hydrogen) atoms. The Morgan fingerprint density at radius 2 is 1.74 bits per heavy atom. The monoisotopic (exact) mass is 495 g/mol. The summed E-state index contributed by atoms with van der Waals surface area (Å²) in [6, 6.07) is 17.6. The number of hydrogen-bond acceptors (Lipinski definition) is 9. The lowest BCUT2D eigenvalue weighted by Gasteiger charge is -2.12. The van der Waals surface area contributed by atoms with Crippen molar-refractivity contribution < 1.29 is 28.3 Å². The molecule has 178 valence electrons. The Balaban J connectivity index is 1.36. The number of esters is 1. The molecule has 4 aromatic rings. The minimum Gasteiger partial charge on any atom is -0.493 e. The summed E-state index contributed by atoms with van der Waals surface area (Å²) in [5.74, 6) is 0.425. The third-order valence-electron chi connectivity index (χ3n) is 4.83. The van der Waals surface area contributed by atoms with Gasteiger partial charge in [-0.05, 0) is 48.0 Å². The van der Waals surface area contributed by atoms with Gasteiger partial charge in [0.25, 0.3) is 11.6 Å². The van der Waals surface area contributed by atoms with Gasteiger partial charge >= 0.3 is 5.97 Å². The first-order valence-electron chi connectivity index (χ1n) is 10.2. The van der Waals surface area contributed by atoms with E-state index < -0.39 is 10.9 Å². The maximum Gasteiger partial charge on any atom is 0.338 e. The molecule has 0 unspecified atom stereocenters. The molecule has 0 amide bonds. The summed E-state index contributed by atoms with van der Waals surface area (Å²) in [7, 11) is 1.47. The summed E-state index contributed by atoms with van der Waals surface area (Å²) in [5, 5.41) is 19.1. The number of nitro groups is 1. The highest BCUT2D eigenvalue weighted by molar-refractivity contribution is 6.30. The lowest BCUT2D eigenvalue weighted by atomic mass is 10.2. The number of hydrogen-bond donors (Lipinski definition) is 0. The SMILES string of the molecule is COc1cc(C(=O)OCc2nnc(-c3ccc([N+](=O)[O-])cc3)o2)ccc1OCc1ccc(Cl)cc1. The molecule has 0 radical (unpaired) electrons. The molecule has 4 rings (SSSR count). The van der Waals surface area contributed by atoms with E-state index in [1.165, 1.54) is 37.4 Å². The van der Waals surface area contributed by atoms with Gasteiger partial charge in [-0.3, -0.25) is 10.1 Å². The molecule has 1 aromatic heterocycles. The standard InChI is InChI=1S/C24H18ClN3O7/c1-32-21-12-17(6-11-20(21)33-13-15-2-7-18(25)8-3-15)24(29)34-14-22-26-27-23(35-22)16-4-9-19(10-5-16)28(30)31/h2-12H,13-14H2,1H3. The van der Waals surface area contributed by atoms with Gasteiger partial charge in [0.2, 0.25) is 5.89 Å². The quantitative estimate of drug-likeness (QED) is 0.174. The van der Waals surface area contributed by atoms with Gasteiger partial charge in [-0.1, -0.05) is 23.7 Å². The van der Waals surface area contributed by atoms with Crippen molar-refractivity contribution in [1.82, 2.24) is 10.2 Å². The largest absolute Gasteiger partial charge is 0.493 e. The second-order valence-electron chi connectivity index (χ2n) is 7.16. The van der Waals surface area contributed by atoms with Crippen LogP contribution in [-0.4, -0.2) is 28.2 Å². The second-order valence-corrected chi connectivity index (χ2v) is 7.60. The van der Waals surface area contributed by atoms with E-state index in [1.54, 1.807) is 24.3 Å². The third-order valence-corrected chi connectivity index (χ3v) is 5.08. The number of rotatable bonds is 9. The fourth-order valence-corrected chi connectivity index (χ4v) is 3.15. The van der Waals surface area contributed by atoms with Crippen molar-refractivity contribution >= 4 is 23.3 Å². The summed E-state index contributed by atoms with van der Waals surface area (Å²) >= 11 is 5.89. The summed E-state index contributed by atoms with van der Waals surface area (Å²) in [6.45, 7) is 0.0432.